The summed E-state index contributed by atoms with van der Waals surface area (Å²) in [4.78, 5) is 33.5. The Morgan fingerprint density at radius 2 is 1.97 bits per heavy atom. The first kappa shape index (κ1) is 21.0. The van der Waals surface area contributed by atoms with Crippen LogP contribution in [-0.2, 0) is 10.5 Å². The number of ketones is 1. The van der Waals surface area contributed by atoms with E-state index in [1.165, 1.54) is 23.9 Å². The van der Waals surface area contributed by atoms with Crippen LogP contribution in [-0.4, -0.2) is 15.8 Å². The molecule has 0 bridgehead atoms. The Morgan fingerprint density at radius 1 is 1.12 bits per heavy atom. The van der Waals surface area contributed by atoms with Gasteiger partial charge in [0.2, 0.25) is 0 Å². The molecule has 5 rings (SSSR count). The van der Waals surface area contributed by atoms with Crippen LogP contribution in [0.15, 0.2) is 69.8 Å². The Hall–Kier alpha value is -2.90. The number of H-pyrrole nitrogens is 1. The number of aromatic nitrogens is 2. The monoisotopic (exact) mass is 467 g/mol. The lowest BCUT2D eigenvalue weighted by Crippen LogP contribution is -2.32. The molecule has 1 aromatic heterocycles. The highest BCUT2D eigenvalue weighted by Gasteiger charge is 2.37. The second kappa shape index (κ2) is 8.56. The predicted molar refractivity (Wildman–Crippen MR) is 124 cm³/mol. The van der Waals surface area contributed by atoms with Crippen molar-refractivity contribution >= 4 is 35.0 Å². The number of carbonyl (C=O) groups is 1. The van der Waals surface area contributed by atoms with Crippen molar-refractivity contribution in [3.63, 3.8) is 0 Å². The number of halogens is 2. The van der Waals surface area contributed by atoms with E-state index in [1.807, 2.05) is 24.3 Å². The molecule has 2 N–H and O–H groups in total. The number of aromatic amines is 1. The second-order valence-electron chi connectivity index (χ2n) is 7.80. The van der Waals surface area contributed by atoms with E-state index in [4.69, 9.17) is 11.6 Å². The van der Waals surface area contributed by atoms with E-state index >= 15 is 0 Å². The van der Waals surface area contributed by atoms with Crippen LogP contribution in [0.5, 0.6) is 0 Å². The van der Waals surface area contributed by atoms with Gasteiger partial charge < -0.3 is 10.3 Å². The van der Waals surface area contributed by atoms with Crippen molar-refractivity contribution in [3.8, 4) is 0 Å². The predicted octanol–water partition coefficient (Wildman–Crippen LogP) is 5.42. The molecule has 162 valence electrons. The number of thioether (sulfide) groups is 1. The lowest BCUT2D eigenvalue weighted by Gasteiger charge is -2.32. The van der Waals surface area contributed by atoms with Crippen molar-refractivity contribution in [2.24, 2.45) is 0 Å². The van der Waals surface area contributed by atoms with Crippen LogP contribution in [0.4, 0.5) is 10.2 Å². The van der Waals surface area contributed by atoms with Gasteiger partial charge in [-0.2, -0.15) is 0 Å². The molecule has 0 fully saturated rings. The quantitative estimate of drug-likeness (QED) is 0.396. The number of rotatable bonds is 4. The highest BCUT2D eigenvalue weighted by molar-refractivity contribution is 7.98. The third-order valence-electron chi connectivity index (χ3n) is 5.74. The van der Waals surface area contributed by atoms with Gasteiger partial charge in [0.15, 0.2) is 10.9 Å². The molecule has 0 unspecified atom stereocenters. The van der Waals surface area contributed by atoms with Crippen LogP contribution in [0.3, 0.4) is 0 Å². The molecule has 32 heavy (non-hydrogen) atoms. The van der Waals surface area contributed by atoms with E-state index in [9.17, 15) is 14.0 Å². The molecule has 8 heteroatoms. The number of Topliss-reactive ketones (excluding diaryl/α,β-unsaturated/α-hetero) is 1. The summed E-state index contributed by atoms with van der Waals surface area (Å²) in [6, 6.07) is 13.6. The number of hydrogen-bond donors (Lipinski definition) is 2. The maximum atomic E-state index is 14.0. The first-order chi connectivity index (χ1) is 15.5. The lowest BCUT2D eigenvalue weighted by molar-refractivity contribution is -0.116. The van der Waals surface area contributed by atoms with Crippen molar-refractivity contribution in [1.29, 1.82) is 0 Å². The van der Waals surface area contributed by atoms with Gasteiger partial charge in [-0.25, -0.2) is 9.37 Å². The molecule has 2 aliphatic rings. The Kier molecular flexibility index (Phi) is 5.61. The number of benzene rings is 2. The average molecular weight is 468 g/mol. The van der Waals surface area contributed by atoms with Gasteiger partial charge in [0.05, 0.1) is 5.56 Å². The molecule has 2 aromatic carbocycles. The highest BCUT2D eigenvalue weighted by Crippen LogP contribution is 2.43. The lowest BCUT2D eigenvalue weighted by atomic mass is 9.76. The van der Waals surface area contributed by atoms with Crippen LogP contribution >= 0.6 is 23.4 Å². The number of fused-ring (bicyclic) bond motifs is 1. The van der Waals surface area contributed by atoms with Gasteiger partial charge in [0.25, 0.3) is 5.56 Å². The van der Waals surface area contributed by atoms with Crippen molar-refractivity contribution in [3.05, 3.63) is 97.7 Å². The van der Waals surface area contributed by atoms with E-state index in [0.717, 1.165) is 17.7 Å². The maximum absolute atomic E-state index is 14.0. The first-order valence-corrected chi connectivity index (χ1v) is 11.7. The molecular formula is C24H19ClFN3O2S. The average Bonchev–Trinajstić information content (AvgIpc) is 2.77. The summed E-state index contributed by atoms with van der Waals surface area (Å²) in [5, 5.41) is 4.33. The second-order valence-corrected chi connectivity index (χ2v) is 9.17. The number of allylic oxidation sites excluding steroid dienone is 2. The topological polar surface area (TPSA) is 74.8 Å². The normalized spacial score (nSPS) is 17.6. The molecule has 2 heterocycles. The van der Waals surface area contributed by atoms with Gasteiger partial charge in [0.1, 0.15) is 11.6 Å². The van der Waals surface area contributed by atoms with Gasteiger partial charge in [-0.1, -0.05) is 53.7 Å². The van der Waals surface area contributed by atoms with Gasteiger partial charge in [-0.05, 0) is 42.2 Å². The van der Waals surface area contributed by atoms with Crippen molar-refractivity contribution in [1.82, 2.24) is 9.97 Å². The SMILES string of the molecule is O=C1CCCC2=C1[C@H](c1cccc(F)c1)c1c(nc(SCc3ccccc3Cl)[nH]c1=O)N2. The molecule has 0 saturated heterocycles. The fourth-order valence-corrected chi connectivity index (χ4v) is 5.44. The zero-order chi connectivity index (χ0) is 22.2. The van der Waals surface area contributed by atoms with E-state index in [-0.39, 0.29) is 11.3 Å². The van der Waals surface area contributed by atoms with Crippen LogP contribution in [0, 0.1) is 5.82 Å². The number of carbonyl (C=O) groups excluding carboxylic acids is 1. The summed E-state index contributed by atoms with van der Waals surface area (Å²) < 4.78 is 14.0. The van der Waals surface area contributed by atoms with Crippen LogP contribution in [0.1, 0.15) is 41.9 Å². The maximum Gasteiger partial charge on any atom is 0.257 e. The van der Waals surface area contributed by atoms with E-state index in [0.29, 0.717) is 51.3 Å². The Morgan fingerprint density at radius 3 is 2.78 bits per heavy atom. The smallest absolute Gasteiger partial charge is 0.257 e. The highest BCUT2D eigenvalue weighted by atomic mass is 35.5. The molecule has 3 aromatic rings. The number of nitrogens with one attached hydrogen (secondary N) is 2. The van der Waals surface area contributed by atoms with Gasteiger partial charge in [0, 0.05) is 34.4 Å². The van der Waals surface area contributed by atoms with E-state index in [2.05, 4.69) is 15.3 Å². The summed E-state index contributed by atoms with van der Waals surface area (Å²) in [5.74, 6) is -0.123. The van der Waals surface area contributed by atoms with Gasteiger partial charge in [-0.3, -0.25) is 9.59 Å². The van der Waals surface area contributed by atoms with E-state index in [1.54, 1.807) is 12.1 Å². The zero-order valence-corrected chi connectivity index (χ0v) is 18.5. The molecule has 0 spiro atoms. The summed E-state index contributed by atoms with van der Waals surface area (Å²) >= 11 is 7.61. The van der Waals surface area contributed by atoms with Crippen LogP contribution in [0.25, 0.3) is 0 Å². The summed E-state index contributed by atoms with van der Waals surface area (Å²) in [7, 11) is 0. The fraction of sp³-hybridized carbons (Fsp3) is 0.208. The molecule has 0 amide bonds. The third-order valence-corrected chi connectivity index (χ3v) is 7.03. The van der Waals surface area contributed by atoms with Crippen molar-refractivity contribution in [2.75, 3.05) is 5.32 Å². The van der Waals surface area contributed by atoms with Crippen LogP contribution < -0.4 is 10.9 Å². The molecular weight excluding hydrogens is 449 g/mol. The van der Waals surface area contributed by atoms with E-state index < -0.39 is 11.7 Å². The largest absolute Gasteiger partial charge is 0.343 e. The summed E-state index contributed by atoms with van der Waals surface area (Å²) in [5.41, 5.74) is 2.81. The van der Waals surface area contributed by atoms with Gasteiger partial charge >= 0.3 is 0 Å². The Bertz CT molecular complexity index is 1320. The molecule has 0 saturated carbocycles. The summed E-state index contributed by atoms with van der Waals surface area (Å²) in [6.45, 7) is 0. The minimum atomic E-state index is -0.649. The number of hydrogen-bond acceptors (Lipinski definition) is 5. The standard InChI is InChI=1S/C24H19ClFN3O2S/c25-16-8-2-1-5-14(16)12-32-24-28-22-21(23(31)29-24)19(13-6-3-7-15(26)11-13)20-17(27-22)9-4-10-18(20)30/h1-3,5-8,11,19H,4,9-10,12H2,(H2,27,28,29,31)/t19-/m0/s1. The number of anilines is 1. The minimum Gasteiger partial charge on any atom is -0.343 e. The molecule has 0 radical (unpaired) electrons. The molecule has 1 atom stereocenters. The third kappa shape index (κ3) is 3.87. The Labute approximate surface area is 193 Å². The minimum absolute atomic E-state index is 0.0183. The van der Waals surface area contributed by atoms with Crippen molar-refractivity contribution < 1.29 is 9.18 Å². The summed E-state index contributed by atoms with van der Waals surface area (Å²) in [6.07, 6.45) is 1.83. The van der Waals surface area contributed by atoms with Gasteiger partial charge in [-0.15, -0.1) is 0 Å². The number of nitrogens with zero attached hydrogens (tertiary/aromatic N) is 1. The Balaban J connectivity index is 1.57. The molecule has 1 aliphatic heterocycles. The molecule has 1 aliphatic carbocycles. The molecule has 5 nitrogen and oxygen atoms in total. The van der Waals surface area contributed by atoms with Crippen LogP contribution in [0.2, 0.25) is 5.02 Å². The van der Waals surface area contributed by atoms with Crippen molar-refractivity contribution in [2.45, 2.75) is 36.1 Å². The fourth-order valence-electron chi connectivity index (χ4n) is 4.29. The zero-order valence-electron chi connectivity index (χ0n) is 17.0. The first-order valence-electron chi connectivity index (χ1n) is 10.3.